The van der Waals surface area contributed by atoms with E-state index in [1.54, 1.807) is 13.2 Å². The van der Waals surface area contributed by atoms with Crippen molar-refractivity contribution in [1.29, 1.82) is 0 Å². The first-order valence-electron chi connectivity index (χ1n) is 6.28. The van der Waals surface area contributed by atoms with Gasteiger partial charge in [-0.15, -0.1) is 0 Å². The second-order valence-corrected chi connectivity index (χ2v) is 4.85. The van der Waals surface area contributed by atoms with Crippen LogP contribution in [0, 0.1) is 0 Å². The maximum Gasteiger partial charge on any atom is 0.213 e. The van der Waals surface area contributed by atoms with Gasteiger partial charge in [-0.2, -0.15) is 0 Å². The van der Waals surface area contributed by atoms with Crippen LogP contribution in [0.2, 0.25) is 5.02 Å². The molecule has 1 aromatic heterocycles. The molecule has 4 nitrogen and oxygen atoms in total. The number of hydrogen-bond acceptors (Lipinski definition) is 4. The lowest BCUT2D eigenvalue weighted by atomic mass is 10.1. The summed E-state index contributed by atoms with van der Waals surface area (Å²) >= 11 is 6.17. The van der Waals surface area contributed by atoms with Crippen molar-refractivity contribution in [3.8, 4) is 11.6 Å². The number of methoxy groups -OCH3 is 1. The fraction of sp³-hybridized carbons (Fsp3) is 0.267. The Morgan fingerprint density at radius 3 is 2.75 bits per heavy atom. The van der Waals surface area contributed by atoms with Gasteiger partial charge in [-0.05, 0) is 30.7 Å². The minimum Gasteiger partial charge on any atom is -0.486 e. The van der Waals surface area contributed by atoms with Crippen molar-refractivity contribution in [2.24, 2.45) is 5.73 Å². The monoisotopic (exact) mass is 292 g/mol. The molecule has 0 bridgehead atoms. The Balaban J connectivity index is 2.07. The molecular formula is C15H17ClN2O2. The Morgan fingerprint density at radius 1 is 1.30 bits per heavy atom. The number of benzene rings is 1. The molecule has 0 aliphatic heterocycles. The molecule has 0 amide bonds. The number of nitrogens with two attached hydrogens (primary N) is 1. The van der Waals surface area contributed by atoms with E-state index in [2.05, 4.69) is 4.98 Å². The van der Waals surface area contributed by atoms with Gasteiger partial charge in [0.15, 0.2) is 0 Å². The molecule has 0 saturated carbocycles. The standard InChI is InChI=1S/C15H17ClN2O2/c1-10(17)11-6-7-14(13(16)8-11)20-9-12-4-3-5-15(18-12)19-2/h3-8,10H,9,17H2,1-2H3. The van der Waals surface area contributed by atoms with Crippen LogP contribution in [0.25, 0.3) is 0 Å². The molecule has 0 spiro atoms. The van der Waals surface area contributed by atoms with E-state index in [0.29, 0.717) is 23.3 Å². The normalized spacial score (nSPS) is 12.0. The predicted octanol–water partition coefficient (Wildman–Crippen LogP) is 3.34. The van der Waals surface area contributed by atoms with Gasteiger partial charge in [0.1, 0.15) is 12.4 Å². The fourth-order valence-corrected chi connectivity index (χ4v) is 1.96. The Labute approximate surface area is 123 Å². The lowest BCUT2D eigenvalue weighted by molar-refractivity contribution is 0.298. The van der Waals surface area contributed by atoms with E-state index in [1.807, 2.05) is 37.3 Å². The lowest BCUT2D eigenvalue weighted by Gasteiger charge is -2.11. The van der Waals surface area contributed by atoms with E-state index in [1.165, 1.54) is 0 Å². The van der Waals surface area contributed by atoms with Crippen molar-refractivity contribution in [3.05, 3.63) is 52.7 Å². The first-order chi connectivity index (χ1) is 9.60. The van der Waals surface area contributed by atoms with E-state index in [4.69, 9.17) is 26.8 Å². The van der Waals surface area contributed by atoms with Crippen molar-refractivity contribution in [2.45, 2.75) is 19.6 Å². The lowest BCUT2D eigenvalue weighted by Crippen LogP contribution is -2.05. The van der Waals surface area contributed by atoms with E-state index < -0.39 is 0 Å². The maximum absolute atomic E-state index is 6.17. The zero-order valence-electron chi connectivity index (χ0n) is 11.5. The molecule has 0 aliphatic rings. The van der Waals surface area contributed by atoms with E-state index in [0.717, 1.165) is 11.3 Å². The van der Waals surface area contributed by atoms with Gasteiger partial charge in [0, 0.05) is 12.1 Å². The number of hydrogen-bond donors (Lipinski definition) is 1. The molecule has 0 radical (unpaired) electrons. The average Bonchev–Trinajstić information content (AvgIpc) is 2.46. The number of ether oxygens (including phenoxy) is 2. The molecule has 0 saturated heterocycles. The zero-order chi connectivity index (χ0) is 14.5. The van der Waals surface area contributed by atoms with E-state index >= 15 is 0 Å². The highest BCUT2D eigenvalue weighted by molar-refractivity contribution is 6.32. The van der Waals surface area contributed by atoms with Gasteiger partial charge in [0.25, 0.3) is 0 Å². The second kappa shape index (κ2) is 6.59. The third-order valence-corrected chi connectivity index (χ3v) is 3.14. The Morgan fingerprint density at radius 2 is 2.10 bits per heavy atom. The number of aromatic nitrogens is 1. The smallest absolute Gasteiger partial charge is 0.213 e. The summed E-state index contributed by atoms with van der Waals surface area (Å²) < 4.78 is 10.7. The van der Waals surface area contributed by atoms with Crippen LogP contribution in [0.4, 0.5) is 0 Å². The summed E-state index contributed by atoms with van der Waals surface area (Å²) in [5.41, 5.74) is 7.55. The molecule has 2 rings (SSSR count). The molecule has 0 aliphatic carbocycles. The largest absolute Gasteiger partial charge is 0.486 e. The van der Waals surface area contributed by atoms with E-state index in [9.17, 15) is 0 Å². The summed E-state index contributed by atoms with van der Waals surface area (Å²) in [5.74, 6) is 1.17. The molecule has 106 valence electrons. The highest BCUT2D eigenvalue weighted by Gasteiger charge is 2.07. The van der Waals surface area contributed by atoms with Crippen LogP contribution in [-0.4, -0.2) is 12.1 Å². The molecule has 1 aromatic carbocycles. The number of nitrogens with zero attached hydrogens (tertiary/aromatic N) is 1. The number of rotatable bonds is 5. The average molecular weight is 293 g/mol. The van der Waals surface area contributed by atoms with Crippen LogP contribution in [0.15, 0.2) is 36.4 Å². The van der Waals surface area contributed by atoms with Crippen LogP contribution in [-0.2, 0) is 6.61 Å². The summed E-state index contributed by atoms with van der Waals surface area (Å²) in [6.07, 6.45) is 0. The third kappa shape index (κ3) is 3.62. The van der Waals surface area contributed by atoms with Crippen LogP contribution < -0.4 is 15.2 Å². The van der Waals surface area contributed by atoms with Crippen LogP contribution in [0.1, 0.15) is 24.2 Å². The fourth-order valence-electron chi connectivity index (χ4n) is 1.72. The molecule has 20 heavy (non-hydrogen) atoms. The van der Waals surface area contributed by atoms with Crippen molar-refractivity contribution < 1.29 is 9.47 Å². The first-order valence-corrected chi connectivity index (χ1v) is 6.65. The highest BCUT2D eigenvalue weighted by atomic mass is 35.5. The van der Waals surface area contributed by atoms with Crippen molar-refractivity contribution in [2.75, 3.05) is 7.11 Å². The summed E-state index contributed by atoms with van der Waals surface area (Å²) in [6.45, 7) is 2.24. The molecule has 2 aromatic rings. The Bertz CT molecular complexity index is 588. The summed E-state index contributed by atoms with van der Waals surface area (Å²) in [6, 6.07) is 11.0. The Kier molecular flexibility index (Phi) is 4.82. The van der Waals surface area contributed by atoms with Gasteiger partial charge in [-0.1, -0.05) is 23.7 Å². The number of halogens is 1. The summed E-state index contributed by atoms with van der Waals surface area (Å²) in [7, 11) is 1.58. The van der Waals surface area contributed by atoms with Crippen molar-refractivity contribution in [1.82, 2.24) is 4.98 Å². The molecule has 1 atom stereocenters. The van der Waals surface area contributed by atoms with Gasteiger partial charge in [0.05, 0.1) is 17.8 Å². The van der Waals surface area contributed by atoms with Gasteiger partial charge >= 0.3 is 0 Å². The summed E-state index contributed by atoms with van der Waals surface area (Å²) in [4.78, 5) is 4.27. The Hall–Kier alpha value is -1.78. The first kappa shape index (κ1) is 14.6. The third-order valence-electron chi connectivity index (χ3n) is 2.85. The molecule has 2 N–H and O–H groups in total. The minimum atomic E-state index is -0.0541. The maximum atomic E-state index is 6.17. The molecule has 1 unspecified atom stereocenters. The topological polar surface area (TPSA) is 57.4 Å². The molecule has 1 heterocycles. The SMILES string of the molecule is COc1cccc(COc2ccc(C(C)N)cc2Cl)n1. The van der Waals surface area contributed by atoms with E-state index in [-0.39, 0.29) is 6.04 Å². The molecule has 5 heteroatoms. The van der Waals surface area contributed by atoms with Crippen LogP contribution in [0.5, 0.6) is 11.6 Å². The number of pyridine rings is 1. The van der Waals surface area contributed by atoms with Gasteiger partial charge in [-0.3, -0.25) is 0 Å². The van der Waals surface area contributed by atoms with Crippen LogP contribution >= 0.6 is 11.6 Å². The molecular weight excluding hydrogens is 276 g/mol. The summed E-state index contributed by atoms with van der Waals surface area (Å²) in [5, 5.41) is 0.544. The van der Waals surface area contributed by atoms with Gasteiger partial charge in [-0.25, -0.2) is 4.98 Å². The van der Waals surface area contributed by atoms with Crippen molar-refractivity contribution >= 4 is 11.6 Å². The van der Waals surface area contributed by atoms with Crippen molar-refractivity contribution in [3.63, 3.8) is 0 Å². The van der Waals surface area contributed by atoms with Gasteiger partial charge < -0.3 is 15.2 Å². The minimum absolute atomic E-state index is 0.0541. The van der Waals surface area contributed by atoms with Crippen LogP contribution in [0.3, 0.4) is 0 Å². The quantitative estimate of drug-likeness (QED) is 0.918. The van der Waals surface area contributed by atoms with Gasteiger partial charge in [0.2, 0.25) is 5.88 Å². The predicted molar refractivity (Wildman–Crippen MR) is 79.2 cm³/mol. The highest BCUT2D eigenvalue weighted by Crippen LogP contribution is 2.28. The zero-order valence-corrected chi connectivity index (χ0v) is 12.2. The molecule has 0 fully saturated rings. The second-order valence-electron chi connectivity index (χ2n) is 4.44.